The number of rotatable bonds is 10. The summed E-state index contributed by atoms with van der Waals surface area (Å²) >= 11 is 0. The number of carbonyl (C=O) groups is 2. The van der Waals surface area contributed by atoms with Crippen LogP contribution in [0, 0.1) is 28.7 Å². The quantitative estimate of drug-likeness (QED) is 0.265. The molecule has 0 aromatic heterocycles. The zero-order chi connectivity index (χ0) is 23.7. The highest BCUT2D eigenvalue weighted by atomic mass is 28.3. The van der Waals surface area contributed by atoms with E-state index in [2.05, 4.69) is 31.1 Å². The summed E-state index contributed by atoms with van der Waals surface area (Å²) in [6.07, 6.45) is 0.937. The van der Waals surface area contributed by atoms with Gasteiger partial charge in [0, 0.05) is 11.8 Å². The lowest BCUT2D eigenvalue weighted by atomic mass is 9.93. The zero-order valence-electron chi connectivity index (χ0n) is 20.6. The van der Waals surface area contributed by atoms with E-state index in [0.717, 1.165) is 5.56 Å². The molecule has 0 spiro atoms. The van der Waals surface area contributed by atoms with Gasteiger partial charge in [-0.2, -0.15) is 0 Å². The van der Waals surface area contributed by atoms with Crippen LogP contribution in [0.15, 0.2) is 30.3 Å². The van der Waals surface area contributed by atoms with Crippen LogP contribution >= 0.6 is 0 Å². The molecule has 0 aliphatic carbocycles. The van der Waals surface area contributed by atoms with Crippen molar-refractivity contribution in [2.24, 2.45) is 17.3 Å². The lowest BCUT2D eigenvalue weighted by molar-refractivity contribution is -0.163. The van der Waals surface area contributed by atoms with Crippen molar-refractivity contribution < 1.29 is 19.1 Å². The van der Waals surface area contributed by atoms with Crippen LogP contribution < -0.4 is 0 Å². The van der Waals surface area contributed by atoms with Gasteiger partial charge in [-0.05, 0) is 45.1 Å². The van der Waals surface area contributed by atoms with Crippen LogP contribution in [0.5, 0.6) is 0 Å². The normalized spacial score (nSPS) is 14.7. The van der Waals surface area contributed by atoms with Gasteiger partial charge in [-0.3, -0.25) is 9.59 Å². The van der Waals surface area contributed by atoms with E-state index in [4.69, 9.17) is 9.47 Å². The number of Topliss-reactive ketones (excluding diaryl/α,β-unsaturated/α-hetero) is 1. The van der Waals surface area contributed by atoms with E-state index in [1.807, 2.05) is 65.0 Å². The molecule has 0 N–H and O–H groups in total. The average Bonchev–Trinajstić information content (AvgIpc) is 2.68. The Morgan fingerprint density at radius 1 is 1.03 bits per heavy atom. The Morgan fingerprint density at radius 3 is 2.19 bits per heavy atom. The molecule has 0 amide bonds. The molecule has 4 nitrogen and oxygen atoms in total. The van der Waals surface area contributed by atoms with Crippen LogP contribution in [0.1, 0.15) is 53.0 Å². The highest BCUT2D eigenvalue weighted by molar-refractivity contribution is 6.84. The maximum Gasteiger partial charge on any atom is 0.311 e. The molecule has 0 saturated carbocycles. The molecule has 0 fully saturated rings. The first-order valence-corrected chi connectivity index (χ1v) is 14.7. The van der Waals surface area contributed by atoms with E-state index in [-0.39, 0.29) is 29.7 Å². The minimum absolute atomic E-state index is 0.0189. The third-order valence-corrected chi connectivity index (χ3v) is 5.77. The molecule has 0 radical (unpaired) electrons. The highest BCUT2D eigenvalue weighted by Gasteiger charge is 2.29. The second-order valence-electron chi connectivity index (χ2n) is 10.5. The van der Waals surface area contributed by atoms with E-state index in [1.54, 1.807) is 0 Å². The van der Waals surface area contributed by atoms with Crippen molar-refractivity contribution in [2.45, 2.75) is 79.8 Å². The predicted octanol–water partition coefficient (Wildman–Crippen LogP) is 5.66. The Kier molecular flexibility index (Phi) is 10.7. The van der Waals surface area contributed by atoms with Crippen molar-refractivity contribution in [1.82, 2.24) is 0 Å². The lowest BCUT2D eigenvalue weighted by Crippen LogP contribution is -2.34. The largest absolute Gasteiger partial charge is 0.462 e. The lowest BCUT2D eigenvalue weighted by Gasteiger charge is -2.28. The Morgan fingerprint density at radius 2 is 1.65 bits per heavy atom. The van der Waals surface area contributed by atoms with Gasteiger partial charge in [-0.1, -0.05) is 63.8 Å². The second kappa shape index (κ2) is 12.2. The maximum atomic E-state index is 12.5. The maximum absolute atomic E-state index is 12.5. The monoisotopic (exact) mass is 444 g/mol. The molecule has 0 aliphatic heterocycles. The molecule has 0 unspecified atom stereocenters. The van der Waals surface area contributed by atoms with Crippen molar-refractivity contribution >= 4 is 19.8 Å². The van der Waals surface area contributed by atoms with Gasteiger partial charge >= 0.3 is 5.97 Å². The van der Waals surface area contributed by atoms with Gasteiger partial charge in [0.05, 0.1) is 18.6 Å². The molecule has 1 aromatic carbocycles. The van der Waals surface area contributed by atoms with Gasteiger partial charge in [0.2, 0.25) is 5.78 Å². The summed E-state index contributed by atoms with van der Waals surface area (Å²) < 4.78 is 11.7. The summed E-state index contributed by atoms with van der Waals surface area (Å²) in [6.45, 7) is 16.8. The van der Waals surface area contributed by atoms with Crippen LogP contribution in [0.3, 0.4) is 0 Å². The van der Waals surface area contributed by atoms with Crippen LogP contribution in [0.4, 0.5) is 0 Å². The molecule has 0 saturated heterocycles. The Labute approximate surface area is 190 Å². The molecule has 5 heteroatoms. The standard InChI is InChI=1S/C26H40O4Si/c1-20(23(27)16-17-31(6,7)8)14-15-24(30-25(28)26(3,4)5)21(2)18-29-19-22-12-10-9-11-13-22/h9-13,20-21,24H,14-15,18-19H2,1-8H3/t20-,21+,24-/m0/s1. The van der Waals surface area contributed by atoms with Gasteiger partial charge in [0.15, 0.2) is 0 Å². The molecule has 0 bridgehead atoms. The van der Waals surface area contributed by atoms with E-state index >= 15 is 0 Å². The minimum Gasteiger partial charge on any atom is -0.462 e. The van der Waals surface area contributed by atoms with Crippen molar-refractivity contribution in [2.75, 3.05) is 6.61 Å². The van der Waals surface area contributed by atoms with Crippen molar-refractivity contribution in [3.05, 3.63) is 35.9 Å². The van der Waals surface area contributed by atoms with Crippen molar-refractivity contribution in [3.8, 4) is 11.5 Å². The second-order valence-corrected chi connectivity index (χ2v) is 15.3. The number of carbonyl (C=O) groups excluding carboxylic acids is 2. The molecule has 31 heavy (non-hydrogen) atoms. The fourth-order valence-electron chi connectivity index (χ4n) is 2.74. The third-order valence-electron chi connectivity index (χ3n) is 4.89. The number of esters is 1. The van der Waals surface area contributed by atoms with Crippen molar-refractivity contribution in [3.63, 3.8) is 0 Å². The van der Waals surface area contributed by atoms with Crippen LogP contribution in [-0.2, 0) is 25.7 Å². The third kappa shape index (κ3) is 11.3. The summed E-state index contributed by atoms with van der Waals surface area (Å²) in [4.78, 5) is 24.9. The first kappa shape index (κ1) is 27.1. The summed E-state index contributed by atoms with van der Waals surface area (Å²) in [7, 11) is -1.58. The fourth-order valence-corrected chi connectivity index (χ4v) is 3.23. The number of ether oxygens (including phenoxy) is 2. The molecule has 172 valence electrons. The molecule has 1 rings (SSSR count). The van der Waals surface area contributed by atoms with Crippen LogP contribution in [0.2, 0.25) is 19.6 Å². The number of ketones is 1. The smallest absolute Gasteiger partial charge is 0.311 e. The van der Waals surface area contributed by atoms with E-state index in [9.17, 15) is 9.59 Å². The summed E-state index contributed by atoms with van der Waals surface area (Å²) in [6, 6.07) is 10.00. The molecule has 1 aromatic rings. The SMILES string of the molecule is C[C@H](COCc1ccccc1)[C@H](CC[C@H](C)C(=O)C#C[Si](C)(C)C)OC(=O)C(C)(C)C. The van der Waals surface area contributed by atoms with Gasteiger partial charge in [-0.25, -0.2) is 0 Å². The van der Waals surface area contributed by atoms with Gasteiger partial charge < -0.3 is 9.47 Å². The van der Waals surface area contributed by atoms with Crippen LogP contribution in [-0.4, -0.2) is 32.5 Å². The average molecular weight is 445 g/mol. The Hall–Kier alpha value is -1.90. The molecule has 0 aliphatic rings. The number of hydrogen-bond acceptors (Lipinski definition) is 4. The zero-order valence-corrected chi connectivity index (χ0v) is 21.6. The van der Waals surface area contributed by atoms with Gasteiger partial charge in [-0.15, -0.1) is 5.54 Å². The summed E-state index contributed by atoms with van der Waals surface area (Å²) in [5, 5.41) is 0. The molecule has 3 atom stereocenters. The fraction of sp³-hybridized carbons (Fsp3) is 0.615. The summed E-state index contributed by atoms with van der Waals surface area (Å²) in [5.74, 6) is 2.41. The number of benzene rings is 1. The van der Waals surface area contributed by atoms with E-state index < -0.39 is 13.5 Å². The van der Waals surface area contributed by atoms with Gasteiger partial charge in [0.25, 0.3) is 0 Å². The first-order chi connectivity index (χ1) is 14.3. The first-order valence-electron chi connectivity index (χ1n) is 11.2. The Balaban J connectivity index is 2.72. The number of hydrogen-bond donors (Lipinski definition) is 0. The molecular formula is C26H40O4Si. The van der Waals surface area contributed by atoms with E-state index in [0.29, 0.717) is 26.1 Å². The predicted molar refractivity (Wildman–Crippen MR) is 129 cm³/mol. The molecular weight excluding hydrogens is 404 g/mol. The summed E-state index contributed by atoms with van der Waals surface area (Å²) in [5.41, 5.74) is 3.68. The Bertz CT molecular complexity index is 763. The van der Waals surface area contributed by atoms with Crippen molar-refractivity contribution in [1.29, 1.82) is 0 Å². The minimum atomic E-state index is -1.58. The van der Waals surface area contributed by atoms with Crippen LogP contribution in [0.25, 0.3) is 0 Å². The van der Waals surface area contributed by atoms with Gasteiger partial charge in [0.1, 0.15) is 14.2 Å². The molecule has 0 heterocycles. The highest BCUT2D eigenvalue weighted by Crippen LogP contribution is 2.23. The topological polar surface area (TPSA) is 52.6 Å². The van der Waals surface area contributed by atoms with E-state index in [1.165, 1.54) is 0 Å².